The zero-order chi connectivity index (χ0) is 18.9. The summed E-state index contributed by atoms with van der Waals surface area (Å²) in [7, 11) is 0. The molecule has 2 amide bonds. The molecule has 0 aromatic heterocycles. The van der Waals surface area contributed by atoms with Crippen molar-refractivity contribution in [3.63, 3.8) is 0 Å². The summed E-state index contributed by atoms with van der Waals surface area (Å²) in [5.41, 5.74) is 6.86. The van der Waals surface area contributed by atoms with Gasteiger partial charge in [-0.1, -0.05) is 30.3 Å². The first kappa shape index (κ1) is 19.3. The number of benzene rings is 2. The standard InChI is InChI=1S/C20H24N2O4/c1-14(2)26-18-6-4-3-5-16(18)12-22-20(24)13-25-17-9-7-15(8-10-17)11-19(21)23/h3-10,14H,11-13H2,1-2H3,(H2,21,23)(H,22,24). The average Bonchev–Trinajstić information content (AvgIpc) is 2.59. The Morgan fingerprint density at radius 1 is 1.08 bits per heavy atom. The first-order valence-corrected chi connectivity index (χ1v) is 8.45. The van der Waals surface area contributed by atoms with E-state index in [1.165, 1.54) is 0 Å². The molecule has 2 aromatic rings. The lowest BCUT2D eigenvalue weighted by atomic mass is 10.1. The number of amides is 2. The topological polar surface area (TPSA) is 90.7 Å². The van der Waals surface area contributed by atoms with Crippen molar-refractivity contribution in [3.05, 3.63) is 59.7 Å². The largest absolute Gasteiger partial charge is 0.491 e. The van der Waals surface area contributed by atoms with Gasteiger partial charge >= 0.3 is 0 Å². The van der Waals surface area contributed by atoms with E-state index in [0.29, 0.717) is 12.3 Å². The monoisotopic (exact) mass is 356 g/mol. The normalized spacial score (nSPS) is 10.4. The second-order valence-electron chi connectivity index (χ2n) is 6.13. The fourth-order valence-electron chi connectivity index (χ4n) is 2.32. The van der Waals surface area contributed by atoms with Gasteiger partial charge in [0.25, 0.3) is 5.91 Å². The summed E-state index contributed by atoms with van der Waals surface area (Å²) in [6, 6.07) is 14.5. The zero-order valence-corrected chi connectivity index (χ0v) is 15.0. The molecule has 2 rings (SSSR count). The van der Waals surface area contributed by atoms with Crippen molar-refractivity contribution in [2.24, 2.45) is 5.73 Å². The third-order valence-electron chi connectivity index (χ3n) is 3.48. The lowest BCUT2D eigenvalue weighted by molar-refractivity contribution is -0.123. The molecule has 6 heteroatoms. The first-order chi connectivity index (χ1) is 12.4. The van der Waals surface area contributed by atoms with E-state index in [2.05, 4.69) is 5.32 Å². The van der Waals surface area contributed by atoms with Crippen LogP contribution in [-0.4, -0.2) is 24.5 Å². The first-order valence-electron chi connectivity index (χ1n) is 8.45. The maximum Gasteiger partial charge on any atom is 0.258 e. The van der Waals surface area contributed by atoms with E-state index >= 15 is 0 Å². The summed E-state index contributed by atoms with van der Waals surface area (Å²) in [6.07, 6.45) is 0.242. The van der Waals surface area contributed by atoms with Crippen molar-refractivity contribution in [2.45, 2.75) is 32.9 Å². The van der Waals surface area contributed by atoms with Crippen LogP contribution in [0.1, 0.15) is 25.0 Å². The third kappa shape index (κ3) is 6.47. The predicted molar refractivity (Wildman–Crippen MR) is 98.9 cm³/mol. The molecule has 0 aliphatic heterocycles. The highest BCUT2D eigenvalue weighted by Gasteiger charge is 2.08. The van der Waals surface area contributed by atoms with Gasteiger partial charge in [0.15, 0.2) is 6.61 Å². The minimum atomic E-state index is -0.389. The van der Waals surface area contributed by atoms with E-state index in [0.717, 1.165) is 16.9 Å². The van der Waals surface area contributed by atoms with Crippen LogP contribution in [0.15, 0.2) is 48.5 Å². The van der Waals surface area contributed by atoms with E-state index in [1.54, 1.807) is 24.3 Å². The molecule has 0 radical (unpaired) electrons. The van der Waals surface area contributed by atoms with Crippen LogP contribution in [0.5, 0.6) is 11.5 Å². The van der Waals surface area contributed by atoms with Gasteiger partial charge in [-0.05, 0) is 37.6 Å². The molecule has 0 fully saturated rings. The fourth-order valence-corrected chi connectivity index (χ4v) is 2.32. The van der Waals surface area contributed by atoms with Gasteiger partial charge in [0.2, 0.25) is 5.91 Å². The van der Waals surface area contributed by atoms with Gasteiger partial charge < -0.3 is 20.5 Å². The van der Waals surface area contributed by atoms with Gasteiger partial charge in [-0.3, -0.25) is 9.59 Å². The Kier molecular flexibility index (Phi) is 7.02. The number of nitrogens with two attached hydrogens (primary N) is 1. The number of primary amides is 1. The highest BCUT2D eigenvalue weighted by molar-refractivity contribution is 5.77. The van der Waals surface area contributed by atoms with Crippen LogP contribution in [0.3, 0.4) is 0 Å². The minimum Gasteiger partial charge on any atom is -0.491 e. The Balaban J connectivity index is 1.81. The molecule has 0 spiro atoms. The number of para-hydroxylation sites is 1. The summed E-state index contributed by atoms with van der Waals surface area (Å²) in [4.78, 5) is 22.9. The number of hydrogen-bond acceptors (Lipinski definition) is 4. The SMILES string of the molecule is CC(C)Oc1ccccc1CNC(=O)COc1ccc(CC(N)=O)cc1. The van der Waals surface area contributed by atoms with E-state index < -0.39 is 0 Å². The average molecular weight is 356 g/mol. The number of carbonyl (C=O) groups is 2. The summed E-state index contributed by atoms with van der Waals surface area (Å²) in [5.74, 6) is 0.691. The second-order valence-corrected chi connectivity index (χ2v) is 6.13. The van der Waals surface area contributed by atoms with Gasteiger partial charge in [0, 0.05) is 12.1 Å². The summed E-state index contributed by atoms with van der Waals surface area (Å²) in [5, 5.41) is 2.82. The molecule has 0 bridgehead atoms. The maximum atomic E-state index is 12.0. The highest BCUT2D eigenvalue weighted by Crippen LogP contribution is 2.19. The van der Waals surface area contributed by atoms with Crippen LogP contribution in [0.25, 0.3) is 0 Å². The van der Waals surface area contributed by atoms with E-state index in [9.17, 15) is 9.59 Å². The number of hydrogen-bond donors (Lipinski definition) is 2. The molecule has 0 saturated carbocycles. The Morgan fingerprint density at radius 2 is 1.77 bits per heavy atom. The van der Waals surface area contributed by atoms with Gasteiger partial charge in [-0.2, -0.15) is 0 Å². The van der Waals surface area contributed by atoms with Gasteiger partial charge in [0.1, 0.15) is 11.5 Å². The van der Waals surface area contributed by atoms with Gasteiger partial charge in [-0.15, -0.1) is 0 Å². The van der Waals surface area contributed by atoms with Crippen molar-refractivity contribution < 1.29 is 19.1 Å². The Bertz CT molecular complexity index is 742. The molecule has 0 aliphatic carbocycles. The number of ether oxygens (including phenoxy) is 2. The van der Waals surface area contributed by atoms with Crippen molar-refractivity contribution in [1.29, 1.82) is 0 Å². The van der Waals surface area contributed by atoms with Crippen molar-refractivity contribution in [1.82, 2.24) is 5.32 Å². The molecule has 26 heavy (non-hydrogen) atoms. The molecule has 3 N–H and O–H groups in total. The maximum absolute atomic E-state index is 12.0. The number of nitrogens with one attached hydrogen (secondary N) is 1. The third-order valence-corrected chi connectivity index (χ3v) is 3.48. The molecule has 0 heterocycles. The highest BCUT2D eigenvalue weighted by atomic mass is 16.5. The van der Waals surface area contributed by atoms with Crippen LogP contribution in [-0.2, 0) is 22.6 Å². The summed E-state index contributed by atoms with van der Waals surface area (Å²) >= 11 is 0. The van der Waals surface area contributed by atoms with Crippen LogP contribution in [0, 0.1) is 0 Å². The molecule has 138 valence electrons. The molecular formula is C20H24N2O4. The van der Waals surface area contributed by atoms with Crippen LogP contribution >= 0.6 is 0 Å². The van der Waals surface area contributed by atoms with Crippen LogP contribution < -0.4 is 20.5 Å². The van der Waals surface area contributed by atoms with Gasteiger partial charge in [-0.25, -0.2) is 0 Å². The zero-order valence-electron chi connectivity index (χ0n) is 15.0. The molecule has 0 atom stereocenters. The summed E-state index contributed by atoms with van der Waals surface area (Å²) < 4.78 is 11.2. The lowest BCUT2D eigenvalue weighted by Crippen LogP contribution is -2.28. The Morgan fingerprint density at radius 3 is 2.42 bits per heavy atom. The van der Waals surface area contributed by atoms with E-state index in [4.69, 9.17) is 15.2 Å². The Hall–Kier alpha value is -3.02. The smallest absolute Gasteiger partial charge is 0.258 e. The van der Waals surface area contributed by atoms with Crippen molar-refractivity contribution in [3.8, 4) is 11.5 Å². The van der Waals surface area contributed by atoms with Crippen LogP contribution in [0.4, 0.5) is 0 Å². The second kappa shape index (κ2) is 9.46. The fraction of sp³-hybridized carbons (Fsp3) is 0.300. The van der Waals surface area contributed by atoms with Crippen LogP contribution in [0.2, 0.25) is 0 Å². The molecule has 0 aliphatic rings. The van der Waals surface area contributed by atoms with E-state index in [1.807, 2.05) is 38.1 Å². The molecule has 0 saturated heterocycles. The molecule has 6 nitrogen and oxygen atoms in total. The molecule has 0 unspecified atom stereocenters. The van der Waals surface area contributed by atoms with E-state index in [-0.39, 0.29) is 30.9 Å². The predicted octanol–water partition coefficient (Wildman–Crippen LogP) is 2.20. The molecule has 2 aromatic carbocycles. The minimum absolute atomic E-state index is 0.0627. The number of carbonyl (C=O) groups excluding carboxylic acids is 2. The van der Waals surface area contributed by atoms with Crippen molar-refractivity contribution in [2.75, 3.05) is 6.61 Å². The lowest BCUT2D eigenvalue weighted by Gasteiger charge is -2.14. The molecular weight excluding hydrogens is 332 g/mol. The quantitative estimate of drug-likeness (QED) is 0.721. The Labute approximate surface area is 153 Å². The van der Waals surface area contributed by atoms with Gasteiger partial charge in [0.05, 0.1) is 12.5 Å². The summed E-state index contributed by atoms with van der Waals surface area (Å²) in [6.45, 7) is 4.18. The number of rotatable bonds is 9. The van der Waals surface area contributed by atoms with Crippen molar-refractivity contribution >= 4 is 11.8 Å².